The van der Waals surface area contributed by atoms with Crippen LogP contribution in [0.2, 0.25) is 0 Å². The van der Waals surface area contributed by atoms with Crippen molar-refractivity contribution in [2.75, 3.05) is 12.4 Å². The Balaban J connectivity index is 1.58. The Bertz CT molecular complexity index is 1220. The number of methoxy groups -OCH3 is 1. The minimum Gasteiger partial charge on any atom is -0.496 e. The molecule has 0 unspecified atom stereocenters. The van der Waals surface area contributed by atoms with Crippen LogP contribution in [-0.4, -0.2) is 32.5 Å². The van der Waals surface area contributed by atoms with Crippen LogP contribution in [0.3, 0.4) is 0 Å². The maximum atomic E-state index is 12.6. The lowest BCUT2D eigenvalue weighted by molar-refractivity contribution is -0.384. The highest BCUT2D eigenvalue weighted by Gasteiger charge is 2.18. The number of non-ortho nitro benzene ring substituents is 1. The molecule has 0 aliphatic carbocycles. The number of hydrogen-bond donors (Lipinski definition) is 1. The second-order valence-electron chi connectivity index (χ2n) is 6.10. The van der Waals surface area contributed by atoms with E-state index in [4.69, 9.17) is 4.74 Å². The summed E-state index contributed by atoms with van der Waals surface area (Å²) in [6, 6.07) is 15.0. The van der Waals surface area contributed by atoms with Crippen molar-refractivity contribution in [2.45, 2.75) is 0 Å². The highest BCUT2D eigenvalue weighted by atomic mass is 16.6. The van der Waals surface area contributed by atoms with E-state index in [1.807, 2.05) is 28.8 Å². The van der Waals surface area contributed by atoms with Crippen LogP contribution in [0.5, 0.6) is 5.75 Å². The lowest BCUT2D eigenvalue weighted by Gasteiger charge is -2.10. The van der Waals surface area contributed by atoms with Gasteiger partial charge in [-0.15, -0.1) is 0 Å². The Morgan fingerprint density at radius 3 is 2.69 bits per heavy atom. The Labute approximate surface area is 164 Å². The van der Waals surface area contributed by atoms with E-state index in [1.54, 1.807) is 18.5 Å². The van der Waals surface area contributed by atoms with E-state index in [-0.39, 0.29) is 17.0 Å². The van der Waals surface area contributed by atoms with Gasteiger partial charge in [0.05, 0.1) is 40.5 Å². The molecule has 144 valence electrons. The van der Waals surface area contributed by atoms with E-state index in [9.17, 15) is 14.9 Å². The fourth-order valence-corrected chi connectivity index (χ4v) is 2.93. The fraction of sp³-hybridized carbons (Fsp3) is 0.0500. The first-order valence-electron chi connectivity index (χ1n) is 8.59. The summed E-state index contributed by atoms with van der Waals surface area (Å²) < 4.78 is 6.98. The van der Waals surface area contributed by atoms with Crippen LogP contribution in [0, 0.1) is 10.1 Å². The van der Waals surface area contributed by atoms with E-state index in [0.29, 0.717) is 11.5 Å². The third-order valence-electron chi connectivity index (χ3n) is 4.34. The van der Waals surface area contributed by atoms with Crippen molar-refractivity contribution in [1.29, 1.82) is 0 Å². The second-order valence-corrected chi connectivity index (χ2v) is 6.10. The molecule has 2 heterocycles. The normalized spacial score (nSPS) is 10.7. The zero-order valence-corrected chi connectivity index (χ0v) is 15.3. The molecule has 2 aromatic carbocycles. The maximum Gasteiger partial charge on any atom is 0.270 e. The summed E-state index contributed by atoms with van der Waals surface area (Å²) in [6.45, 7) is 0. The second kappa shape index (κ2) is 7.39. The Kier molecular flexibility index (Phi) is 4.62. The smallest absolute Gasteiger partial charge is 0.270 e. The molecule has 0 spiro atoms. The minimum atomic E-state index is -0.567. The Morgan fingerprint density at radius 1 is 1.14 bits per heavy atom. The SMILES string of the molecule is COc1ccc([N+](=O)[O-])cc1C(=O)Nc1ccc(-n2cnc3ccccc32)nc1. The summed E-state index contributed by atoms with van der Waals surface area (Å²) >= 11 is 0. The van der Waals surface area contributed by atoms with Crippen molar-refractivity contribution in [1.82, 2.24) is 14.5 Å². The number of fused-ring (bicyclic) bond motifs is 1. The average molecular weight is 389 g/mol. The van der Waals surface area contributed by atoms with E-state index in [2.05, 4.69) is 15.3 Å². The van der Waals surface area contributed by atoms with Gasteiger partial charge in [-0.2, -0.15) is 0 Å². The zero-order chi connectivity index (χ0) is 20.4. The number of nitrogens with zero attached hydrogens (tertiary/aromatic N) is 4. The van der Waals surface area contributed by atoms with Crippen molar-refractivity contribution in [3.05, 3.63) is 82.8 Å². The molecule has 0 aliphatic heterocycles. The molecule has 0 atom stereocenters. The summed E-state index contributed by atoms with van der Waals surface area (Å²) in [5.74, 6) is 0.348. The molecule has 4 aromatic rings. The third kappa shape index (κ3) is 3.48. The number of nitrogens with one attached hydrogen (secondary N) is 1. The Morgan fingerprint density at radius 2 is 1.97 bits per heavy atom. The summed E-state index contributed by atoms with van der Waals surface area (Å²) in [6.07, 6.45) is 3.19. The van der Waals surface area contributed by atoms with E-state index in [1.165, 1.54) is 31.5 Å². The van der Waals surface area contributed by atoms with Crippen molar-refractivity contribution in [3.63, 3.8) is 0 Å². The monoisotopic (exact) mass is 389 g/mol. The summed E-state index contributed by atoms with van der Waals surface area (Å²) in [5.41, 5.74) is 2.07. The number of pyridine rings is 1. The number of rotatable bonds is 5. The number of hydrogen-bond acceptors (Lipinski definition) is 6. The molecular formula is C20H15N5O4. The number of ether oxygens (including phenoxy) is 1. The molecule has 0 saturated carbocycles. The predicted octanol–water partition coefficient (Wildman–Crippen LogP) is 3.59. The van der Waals surface area contributed by atoms with Gasteiger partial charge in [-0.05, 0) is 30.3 Å². The molecule has 0 fully saturated rings. The number of para-hydroxylation sites is 2. The van der Waals surface area contributed by atoms with Crippen LogP contribution in [0.15, 0.2) is 67.1 Å². The Hall–Kier alpha value is -4.27. The van der Waals surface area contributed by atoms with Gasteiger partial charge in [-0.1, -0.05) is 12.1 Å². The number of anilines is 1. The molecule has 9 nitrogen and oxygen atoms in total. The van der Waals surface area contributed by atoms with E-state index in [0.717, 1.165) is 11.0 Å². The lowest BCUT2D eigenvalue weighted by atomic mass is 10.1. The van der Waals surface area contributed by atoms with Gasteiger partial charge < -0.3 is 10.1 Å². The molecule has 1 N–H and O–H groups in total. The summed E-state index contributed by atoms with van der Waals surface area (Å²) in [4.78, 5) is 31.7. The third-order valence-corrected chi connectivity index (χ3v) is 4.34. The van der Waals surface area contributed by atoms with Gasteiger partial charge in [0.15, 0.2) is 0 Å². The van der Waals surface area contributed by atoms with Crippen LogP contribution < -0.4 is 10.1 Å². The largest absolute Gasteiger partial charge is 0.496 e. The van der Waals surface area contributed by atoms with Gasteiger partial charge in [-0.25, -0.2) is 9.97 Å². The molecule has 4 rings (SSSR count). The molecule has 0 bridgehead atoms. The summed E-state index contributed by atoms with van der Waals surface area (Å²) in [7, 11) is 1.39. The molecule has 0 radical (unpaired) electrons. The standard InChI is InChI=1S/C20H15N5O4/c1-29-18-8-7-14(25(27)28)10-15(18)20(26)23-13-6-9-19(21-11-13)24-12-22-16-4-2-3-5-17(16)24/h2-12H,1H3,(H,23,26). The first-order valence-corrected chi connectivity index (χ1v) is 8.59. The van der Waals surface area contributed by atoms with E-state index < -0.39 is 10.8 Å². The van der Waals surface area contributed by atoms with Crippen LogP contribution in [-0.2, 0) is 0 Å². The minimum absolute atomic E-state index is 0.0615. The topological polar surface area (TPSA) is 112 Å². The fourth-order valence-electron chi connectivity index (χ4n) is 2.93. The first-order chi connectivity index (χ1) is 14.1. The number of amides is 1. The molecule has 1 amide bonds. The van der Waals surface area contributed by atoms with Crippen LogP contribution in [0.25, 0.3) is 16.9 Å². The highest BCUT2D eigenvalue weighted by molar-refractivity contribution is 6.06. The number of nitro benzene ring substituents is 1. The number of carbonyl (C=O) groups is 1. The number of aromatic nitrogens is 3. The number of imidazole rings is 1. The van der Waals surface area contributed by atoms with Crippen molar-refractivity contribution >= 4 is 28.3 Å². The quantitative estimate of drug-likeness (QED) is 0.412. The van der Waals surface area contributed by atoms with Gasteiger partial charge in [0.1, 0.15) is 17.9 Å². The maximum absolute atomic E-state index is 12.6. The number of benzene rings is 2. The van der Waals surface area contributed by atoms with Crippen LogP contribution >= 0.6 is 0 Å². The molecular weight excluding hydrogens is 374 g/mol. The van der Waals surface area contributed by atoms with Gasteiger partial charge in [0.25, 0.3) is 11.6 Å². The van der Waals surface area contributed by atoms with Gasteiger partial charge in [-0.3, -0.25) is 19.5 Å². The predicted molar refractivity (Wildman–Crippen MR) is 106 cm³/mol. The average Bonchev–Trinajstić information content (AvgIpc) is 3.18. The van der Waals surface area contributed by atoms with Crippen molar-refractivity contribution in [3.8, 4) is 11.6 Å². The van der Waals surface area contributed by atoms with E-state index >= 15 is 0 Å². The lowest BCUT2D eigenvalue weighted by Crippen LogP contribution is -2.14. The molecule has 0 saturated heterocycles. The van der Waals surface area contributed by atoms with Crippen molar-refractivity contribution < 1.29 is 14.5 Å². The first kappa shape index (κ1) is 18.1. The highest BCUT2D eigenvalue weighted by Crippen LogP contribution is 2.25. The number of carbonyl (C=O) groups excluding carboxylic acids is 1. The van der Waals surface area contributed by atoms with Gasteiger partial charge in [0, 0.05) is 12.1 Å². The molecule has 0 aliphatic rings. The molecule has 9 heteroatoms. The molecule has 2 aromatic heterocycles. The summed E-state index contributed by atoms with van der Waals surface area (Å²) in [5, 5.41) is 13.7. The van der Waals surface area contributed by atoms with Gasteiger partial charge in [0.2, 0.25) is 0 Å². The van der Waals surface area contributed by atoms with Crippen LogP contribution in [0.4, 0.5) is 11.4 Å². The zero-order valence-electron chi connectivity index (χ0n) is 15.3. The number of nitro groups is 1. The van der Waals surface area contributed by atoms with Crippen LogP contribution in [0.1, 0.15) is 10.4 Å². The van der Waals surface area contributed by atoms with Crippen molar-refractivity contribution in [2.24, 2.45) is 0 Å². The molecule has 29 heavy (non-hydrogen) atoms. The van der Waals surface area contributed by atoms with Gasteiger partial charge >= 0.3 is 0 Å².